The molecule has 0 amide bonds. The molecular weight excluding hydrogens is 458 g/mol. The Morgan fingerprint density at radius 1 is 0.971 bits per heavy atom. The highest BCUT2D eigenvalue weighted by atomic mass is 35.5. The van der Waals surface area contributed by atoms with Crippen LogP contribution in [0.4, 0.5) is 0 Å². The zero-order valence-electron chi connectivity index (χ0n) is 20.0. The first kappa shape index (κ1) is 23.6. The third-order valence-corrected chi connectivity index (χ3v) is 7.11. The number of likely N-dealkylation sites (tertiary alicyclic amines) is 1. The molecule has 4 aromatic rings. The molecule has 0 aliphatic carbocycles. The highest BCUT2D eigenvalue weighted by Gasteiger charge is 2.19. The van der Waals surface area contributed by atoms with Gasteiger partial charge in [0.05, 0.1) is 12.7 Å². The van der Waals surface area contributed by atoms with Gasteiger partial charge in [0.2, 0.25) is 0 Å². The lowest BCUT2D eigenvalue weighted by atomic mass is 9.99. The van der Waals surface area contributed by atoms with Gasteiger partial charge in [-0.2, -0.15) is 0 Å². The summed E-state index contributed by atoms with van der Waals surface area (Å²) in [6.45, 7) is 4.39. The fourth-order valence-electron chi connectivity index (χ4n) is 5.07. The Labute approximate surface area is 211 Å². The number of esters is 1. The van der Waals surface area contributed by atoms with Crippen molar-refractivity contribution < 1.29 is 9.53 Å². The Balaban J connectivity index is 1.53. The highest BCUT2D eigenvalue weighted by Crippen LogP contribution is 2.35. The number of benzene rings is 2. The average molecular weight is 488 g/mol. The molecule has 0 bridgehead atoms. The molecule has 1 saturated heterocycles. The number of pyridine rings is 1. The highest BCUT2D eigenvalue weighted by molar-refractivity contribution is 6.30. The van der Waals surface area contributed by atoms with Crippen molar-refractivity contribution in [2.75, 3.05) is 26.7 Å². The van der Waals surface area contributed by atoms with E-state index in [2.05, 4.69) is 32.8 Å². The predicted octanol–water partition coefficient (Wildman–Crippen LogP) is 6.69. The van der Waals surface area contributed by atoms with Crippen LogP contribution in [0.2, 0.25) is 5.02 Å². The minimum Gasteiger partial charge on any atom is -0.465 e. The van der Waals surface area contributed by atoms with Crippen LogP contribution in [0.25, 0.3) is 33.2 Å². The van der Waals surface area contributed by atoms with E-state index in [0.29, 0.717) is 10.6 Å². The van der Waals surface area contributed by atoms with Gasteiger partial charge in [0, 0.05) is 57.8 Å². The second-order valence-corrected chi connectivity index (χ2v) is 9.59. The summed E-state index contributed by atoms with van der Waals surface area (Å²) >= 11 is 6.08. The lowest BCUT2D eigenvalue weighted by Gasteiger charge is -2.26. The largest absolute Gasteiger partial charge is 0.465 e. The number of aromatic nitrogens is 2. The van der Waals surface area contributed by atoms with Crippen LogP contribution in [0.15, 0.2) is 67.1 Å². The Kier molecular flexibility index (Phi) is 7.16. The molecule has 1 aliphatic rings. The molecule has 5 rings (SSSR count). The number of ether oxygens (including phenoxy) is 1. The minimum atomic E-state index is -0.329. The van der Waals surface area contributed by atoms with E-state index in [9.17, 15) is 4.79 Å². The van der Waals surface area contributed by atoms with Gasteiger partial charge in [-0.15, -0.1) is 0 Å². The van der Waals surface area contributed by atoms with Crippen molar-refractivity contribution in [1.82, 2.24) is 14.5 Å². The number of hydrogen-bond acceptors (Lipinski definition) is 4. The Hall–Kier alpha value is -3.15. The summed E-state index contributed by atoms with van der Waals surface area (Å²) in [6.07, 6.45) is 10.9. The Morgan fingerprint density at radius 3 is 2.51 bits per heavy atom. The van der Waals surface area contributed by atoms with Crippen LogP contribution in [0.3, 0.4) is 0 Å². The van der Waals surface area contributed by atoms with Gasteiger partial charge < -0.3 is 14.2 Å². The summed E-state index contributed by atoms with van der Waals surface area (Å²) in [4.78, 5) is 19.8. The lowest BCUT2D eigenvalue weighted by molar-refractivity contribution is 0.0603. The maximum absolute atomic E-state index is 12.7. The molecule has 0 atom stereocenters. The van der Waals surface area contributed by atoms with Gasteiger partial charge >= 0.3 is 5.97 Å². The van der Waals surface area contributed by atoms with E-state index in [0.717, 1.165) is 52.7 Å². The standard InChI is InChI=1S/C29H30ClN3O2/c1-35-29(34)25-7-5-8-27-28(25)26(20-33(27)16-6-15-32-13-3-2-4-14-32)23-17-22(18-31-19-23)21-9-11-24(30)12-10-21/h5,7-12,17-20H,2-4,6,13-16H2,1H3. The molecule has 1 aliphatic heterocycles. The zero-order chi connectivity index (χ0) is 24.2. The van der Waals surface area contributed by atoms with Gasteiger partial charge in [-0.25, -0.2) is 4.79 Å². The molecule has 0 spiro atoms. The fraction of sp³-hybridized carbons (Fsp3) is 0.310. The summed E-state index contributed by atoms with van der Waals surface area (Å²) < 4.78 is 7.40. The first-order chi connectivity index (χ1) is 17.1. The molecule has 2 aromatic carbocycles. The van der Waals surface area contributed by atoms with E-state index in [1.807, 2.05) is 48.8 Å². The van der Waals surface area contributed by atoms with Gasteiger partial charge in [0.1, 0.15) is 0 Å². The molecular formula is C29H30ClN3O2. The average Bonchev–Trinajstić information content (AvgIpc) is 3.28. The molecule has 0 radical (unpaired) electrons. The first-order valence-corrected chi connectivity index (χ1v) is 12.7. The van der Waals surface area contributed by atoms with E-state index in [4.69, 9.17) is 16.3 Å². The second kappa shape index (κ2) is 10.6. The first-order valence-electron chi connectivity index (χ1n) is 12.3. The molecule has 1 fully saturated rings. The van der Waals surface area contributed by atoms with Crippen molar-refractivity contribution in [1.29, 1.82) is 0 Å². The maximum atomic E-state index is 12.7. The summed E-state index contributed by atoms with van der Waals surface area (Å²) in [5, 5.41) is 1.61. The van der Waals surface area contributed by atoms with Crippen LogP contribution in [-0.4, -0.2) is 47.2 Å². The molecule has 2 aromatic heterocycles. The number of carbonyl (C=O) groups is 1. The number of rotatable bonds is 7. The molecule has 5 nitrogen and oxygen atoms in total. The van der Waals surface area contributed by atoms with Gasteiger partial charge in [-0.3, -0.25) is 4.98 Å². The second-order valence-electron chi connectivity index (χ2n) is 9.15. The summed E-state index contributed by atoms with van der Waals surface area (Å²) in [7, 11) is 1.43. The zero-order valence-corrected chi connectivity index (χ0v) is 20.8. The number of fused-ring (bicyclic) bond motifs is 1. The van der Waals surface area contributed by atoms with Crippen molar-refractivity contribution in [2.45, 2.75) is 32.2 Å². The quantitative estimate of drug-likeness (QED) is 0.272. The molecule has 0 saturated carbocycles. The van der Waals surface area contributed by atoms with Crippen LogP contribution < -0.4 is 0 Å². The maximum Gasteiger partial charge on any atom is 0.338 e. The van der Waals surface area contributed by atoms with Crippen LogP contribution in [-0.2, 0) is 11.3 Å². The summed E-state index contributed by atoms with van der Waals surface area (Å²) in [5.41, 5.74) is 5.61. The van der Waals surface area contributed by atoms with E-state index in [1.54, 1.807) is 0 Å². The van der Waals surface area contributed by atoms with Gasteiger partial charge in [0.25, 0.3) is 0 Å². The Bertz CT molecular complexity index is 1320. The van der Waals surface area contributed by atoms with Gasteiger partial charge in [0.15, 0.2) is 0 Å². The van der Waals surface area contributed by atoms with Crippen LogP contribution >= 0.6 is 11.6 Å². The van der Waals surface area contributed by atoms with Gasteiger partial charge in [-0.05, 0) is 74.8 Å². The molecule has 0 N–H and O–H groups in total. The molecule has 6 heteroatoms. The number of piperidine rings is 1. The SMILES string of the molecule is COC(=O)c1cccc2c1c(-c1cncc(-c3ccc(Cl)cc3)c1)cn2CCCN1CCCCC1. The number of hydrogen-bond donors (Lipinski definition) is 0. The summed E-state index contributed by atoms with van der Waals surface area (Å²) in [6, 6.07) is 15.7. The smallest absolute Gasteiger partial charge is 0.338 e. The van der Waals surface area contributed by atoms with Crippen LogP contribution in [0.1, 0.15) is 36.0 Å². The predicted molar refractivity (Wildman–Crippen MR) is 142 cm³/mol. The van der Waals surface area contributed by atoms with E-state index in [1.165, 1.54) is 39.5 Å². The molecule has 180 valence electrons. The molecule has 35 heavy (non-hydrogen) atoms. The van der Waals surface area contributed by atoms with Crippen molar-refractivity contribution in [3.8, 4) is 22.3 Å². The van der Waals surface area contributed by atoms with E-state index in [-0.39, 0.29) is 5.97 Å². The number of aryl methyl sites for hydroxylation is 1. The number of carbonyl (C=O) groups excluding carboxylic acids is 1. The molecule has 0 unspecified atom stereocenters. The minimum absolute atomic E-state index is 0.329. The number of halogens is 1. The number of methoxy groups -OCH3 is 1. The fourth-order valence-corrected chi connectivity index (χ4v) is 5.20. The van der Waals surface area contributed by atoms with E-state index < -0.39 is 0 Å². The van der Waals surface area contributed by atoms with Gasteiger partial charge in [-0.1, -0.05) is 36.2 Å². The van der Waals surface area contributed by atoms with Crippen molar-refractivity contribution in [3.05, 3.63) is 77.7 Å². The normalized spacial score (nSPS) is 14.3. The van der Waals surface area contributed by atoms with Crippen molar-refractivity contribution in [2.24, 2.45) is 0 Å². The third-order valence-electron chi connectivity index (χ3n) is 6.86. The van der Waals surface area contributed by atoms with Crippen LogP contribution in [0.5, 0.6) is 0 Å². The lowest BCUT2D eigenvalue weighted by Crippen LogP contribution is -2.31. The van der Waals surface area contributed by atoms with Crippen LogP contribution in [0, 0.1) is 0 Å². The number of nitrogens with zero attached hydrogens (tertiary/aromatic N) is 3. The summed E-state index contributed by atoms with van der Waals surface area (Å²) in [5.74, 6) is -0.329. The third kappa shape index (κ3) is 5.12. The monoisotopic (exact) mass is 487 g/mol. The van der Waals surface area contributed by atoms with Crippen molar-refractivity contribution in [3.63, 3.8) is 0 Å². The topological polar surface area (TPSA) is 47.4 Å². The Morgan fingerprint density at radius 2 is 1.74 bits per heavy atom. The van der Waals surface area contributed by atoms with E-state index >= 15 is 0 Å². The van der Waals surface area contributed by atoms with Crippen molar-refractivity contribution >= 4 is 28.5 Å². The molecule has 3 heterocycles.